The first-order valence-corrected chi connectivity index (χ1v) is 28.2. The summed E-state index contributed by atoms with van der Waals surface area (Å²) in [6.45, 7) is 4.20. The van der Waals surface area contributed by atoms with Crippen molar-refractivity contribution in [3.05, 3.63) is 72.9 Å². The Morgan fingerprint density at radius 3 is 1.09 bits per heavy atom. The van der Waals surface area contributed by atoms with E-state index in [1.54, 1.807) is 6.08 Å². The minimum absolute atomic E-state index is 0.0713. The molecular formula is C60H109NO3. The van der Waals surface area contributed by atoms with Gasteiger partial charge in [-0.05, 0) is 70.6 Å². The van der Waals surface area contributed by atoms with Crippen LogP contribution >= 0.6 is 0 Å². The average molecular weight is 893 g/mol. The molecule has 372 valence electrons. The molecule has 0 bridgehead atoms. The number of aliphatic hydroxyl groups excluding tert-OH is 2. The number of nitrogens with one attached hydrogen (secondary N) is 1. The summed E-state index contributed by atoms with van der Waals surface area (Å²) < 4.78 is 0. The average Bonchev–Trinajstić information content (AvgIpc) is 3.30. The highest BCUT2D eigenvalue weighted by Gasteiger charge is 2.18. The first-order valence-electron chi connectivity index (χ1n) is 28.2. The van der Waals surface area contributed by atoms with Gasteiger partial charge in [-0.15, -0.1) is 0 Å². The van der Waals surface area contributed by atoms with Crippen molar-refractivity contribution in [1.29, 1.82) is 0 Å². The van der Waals surface area contributed by atoms with Crippen LogP contribution in [-0.2, 0) is 4.79 Å². The molecular weight excluding hydrogens is 783 g/mol. The lowest BCUT2D eigenvalue weighted by Gasteiger charge is -2.19. The Bertz CT molecular complexity index is 1100. The number of rotatable bonds is 51. The lowest BCUT2D eigenvalue weighted by molar-refractivity contribution is -0.123. The fourth-order valence-electron chi connectivity index (χ4n) is 8.42. The van der Waals surface area contributed by atoms with E-state index >= 15 is 0 Å². The molecule has 4 heteroatoms. The van der Waals surface area contributed by atoms with Gasteiger partial charge in [0.15, 0.2) is 0 Å². The highest BCUT2D eigenvalue weighted by Crippen LogP contribution is 2.17. The Morgan fingerprint density at radius 1 is 0.391 bits per heavy atom. The lowest BCUT2D eigenvalue weighted by Crippen LogP contribution is -2.45. The van der Waals surface area contributed by atoms with Gasteiger partial charge in [0.2, 0.25) is 5.91 Å². The van der Waals surface area contributed by atoms with Crippen LogP contribution in [0.2, 0.25) is 0 Å². The van der Waals surface area contributed by atoms with E-state index in [9.17, 15) is 15.0 Å². The van der Waals surface area contributed by atoms with Crippen LogP contribution in [0.5, 0.6) is 0 Å². The van der Waals surface area contributed by atoms with Gasteiger partial charge in [-0.1, -0.05) is 279 Å². The maximum atomic E-state index is 12.5. The number of hydrogen-bond donors (Lipinski definition) is 3. The van der Waals surface area contributed by atoms with Crippen molar-refractivity contribution in [1.82, 2.24) is 5.32 Å². The minimum Gasteiger partial charge on any atom is -0.394 e. The van der Waals surface area contributed by atoms with Crippen molar-refractivity contribution in [3.63, 3.8) is 0 Å². The Morgan fingerprint density at radius 2 is 0.703 bits per heavy atom. The molecule has 0 fully saturated rings. The molecule has 4 nitrogen and oxygen atoms in total. The molecule has 0 heterocycles. The third-order valence-electron chi connectivity index (χ3n) is 12.7. The molecule has 0 radical (unpaired) electrons. The summed E-state index contributed by atoms with van der Waals surface area (Å²) in [6.07, 6.45) is 79.2. The van der Waals surface area contributed by atoms with Crippen LogP contribution in [0.3, 0.4) is 0 Å². The van der Waals surface area contributed by atoms with Crippen molar-refractivity contribution in [2.24, 2.45) is 0 Å². The van der Waals surface area contributed by atoms with E-state index in [0.29, 0.717) is 6.42 Å². The molecule has 0 aromatic rings. The molecule has 0 saturated carbocycles. The fraction of sp³-hybridized carbons (Fsp3) is 0.783. The minimum atomic E-state index is -0.863. The van der Waals surface area contributed by atoms with E-state index in [4.69, 9.17) is 0 Å². The molecule has 0 aromatic heterocycles. The zero-order valence-electron chi connectivity index (χ0n) is 42.8. The van der Waals surface area contributed by atoms with Gasteiger partial charge in [-0.25, -0.2) is 0 Å². The van der Waals surface area contributed by atoms with Crippen LogP contribution in [0.25, 0.3) is 0 Å². The number of hydrogen-bond acceptors (Lipinski definition) is 3. The molecule has 3 N–H and O–H groups in total. The molecule has 1 amide bonds. The summed E-state index contributed by atoms with van der Waals surface area (Å²) >= 11 is 0. The molecule has 64 heavy (non-hydrogen) atoms. The number of carbonyl (C=O) groups excluding carboxylic acids is 1. The van der Waals surface area contributed by atoms with Crippen LogP contribution in [0.1, 0.15) is 284 Å². The quantitative estimate of drug-likeness (QED) is 0.0421. The predicted molar refractivity (Wildman–Crippen MR) is 285 cm³/mol. The number of aliphatic hydroxyl groups is 2. The second-order valence-electron chi connectivity index (χ2n) is 19.0. The van der Waals surface area contributed by atoms with Gasteiger partial charge >= 0.3 is 0 Å². The van der Waals surface area contributed by atoms with Crippen molar-refractivity contribution in [2.75, 3.05) is 6.61 Å². The van der Waals surface area contributed by atoms with Gasteiger partial charge in [-0.2, -0.15) is 0 Å². The fourth-order valence-corrected chi connectivity index (χ4v) is 8.42. The zero-order chi connectivity index (χ0) is 46.3. The maximum Gasteiger partial charge on any atom is 0.220 e. The molecule has 0 rings (SSSR count). The van der Waals surface area contributed by atoms with E-state index in [0.717, 1.165) is 57.8 Å². The molecule has 0 spiro atoms. The predicted octanol–water partition coefficient (Wildman–Crippen LogP) is 18.6. The highest BCUT2D eigenvalue weighted by atomic mass is 16.3. The molecule has 0 aliphatic rings. The van der Waals surface area contributed by atoms with E-state index in [1.807, 2.05) is 6.08 Å². The third kappa shape index (κ3) is 50.8. The summed E-state index contributed by atoms with van der Waals surface area (Å²) in [4.78, 5) is 12.5. The van der Waals surface area contributed by atoms with E-state index in [1.165, 1.54) is 205 Å². The van der Waals surface area contributed by atoms with E-state index in [2.05, 4.69) is 79.9 Å². The van der Waals surface area contributed by atoms with Crippen LogP contribution in [0, 0.1) is 0 Å². The summed E-state index contributed by atoms with van der Waals surface area (Å²) in [5, 5.41) is 23.1. The second kappa shape index (κ2) is 55.2. The first-order chi connectivity index (χ1) is 31.7. The Balaban J connectivity index is 3.49. The van der Waals surface area contributed by atoms with Crippen LogP contribution in [-0.4, -0.2) is 34.9 Å². The molecule has 2 unspecified atom stereocenters. The monoisotopic (exact) mass is 892 g/mol. The zero-order valence-corrected chi connectivity index (χ0v) is 42.8. The summed E-state index contributed by atoms with van der Waals surface area (Å²) in [5.74, 6) is -0.0713. The number of amides is 1. The van der Waals surface area contributed by atoms with Crippen molar-refractivity contribution >= 4 is 5.91 Å². The Labute approximate surface area is 399 Å². The maximum absolute atomic E-state index is 12.5. The van der Waals surface area contributed by atoms with Crippen LogP contribution < -0.4 is 5.32 Å². The smallest absolute Gasteiger partial charge is 0.220 e. The van der Waals surface area contributed by atoms with Crippen molar-refractivity contribution < 1.29 is 15.0 Å². The van der Waals surface area contributed by atoms with E-state index in [-0.39, 0.29) is 12.5 Å². The number of unbranched alkanes of at least 4 members (excludes halogenated alkanes) is 34. The SMILES string of the molecule is CC/C=C\C/C=C\C/C=C\C/C=C\CCCCCCCCCCCCCCCCCCCCCCC(=O)NC(CO)C(O)/C=C/CC/C=C/CCCCCCCCCCCCCCC. The van der Waals surface area contributed by atoms with E-state index < -0.39 is 12.1 Å². The van der Waals surface area contributed by atoms with Gasteiger partial charge in [0.05, 0.1) is 18.8 Å². The van der Waals surface area contributed by atoms with Gasteiger partial charge in [0, 0.05) is 6.42 Å². The summed E-state index contributed by atoms with van der Waals surface area (Å²) in [7, 11) is 0. The molecule has 2 atom stereocenters. The highest BCUT2D eigenvalue weighted by molar-refractivity contribution is 5.76. The topological polar surface area (TPSA) is 69.6 Å². The van der Waals surface area contributed by atoms with Gasteiger partial charge < -0.3 is 15.5 Å². The van der Waals surface area contributed by atoms with Gasteiger partial charge in [0.25, 0.3) is 0 Å². The standard InChI is InChI=1S/C60H109NO3/c1-3-5-7-9-11-13-15-17-19-21-23-24-25-26-27-28-29-30-31-32-33-34-35-36-38-40-42-44-46-48-50-52-54-56-60(64)61-58(57-62)59(63)55-53-51-49-47-45-43-41-39-37-22-20-18-16-14-12-10-8-6-4-2/h5,7,11,13,17,19,23-24,45,47,53,55,58-59,62-63H,3-4,6,8-10,12,14-16,18,20-22,25-44,46,48-52,54,56-57H2,1-2H3,(H,61,64)/b7-5-,13-11-,19-17-,24-23-,47-45+,55-53+. The molecule has 0 aliphatic heterocycles. The Kier molecular flexibility index (Phi) is 53.3. The van der Waals surface area contributed by atoms with Crippen molar-refractivity contribution in [2.45, 2.75) is 296 Å². The normalized spacial score (nSPS) is 13.4. The van der Waals surface area contributed by atoms with Gasteiger partial charge in [0.1, 0.15) is 0 Å². The first kappa shape index (κ1) is 61.8. The van der Waals surface area contributed by atoms with Crippen LogP contribution in [0.4, 0.5) is 0 Å². The lowest BCUT2D eigenvalue weighted by atomic mass is 10.0. The summed E-state index contributed by atoms with van der Waals surface area (Å²) in [5.41, 5.74) is 0. The molecule has 0 saturated heterocycles. The molecule has 0 aromatic carbocycles. The van der Waals surface area contributed by atoms with Crippen molar-refractivity contribution in [3.8, 4) is 0 Å². The second-order valence-corrected chi connectivity index (χ2v) is 19.0. The summed E-state index contributed by atoms with van der Waals surface area (Å²) in [6, 6.07) is -0.640. The third-order valence-corrected chi connectivity index (χ3v) is 12.7. The number of carbonyl (C=O) groups is 1. The Hall–Kier alpha value is -2.17. The van der Waals surface area contributed by atoms with Crippen LogP contribution in [0.15, 0.2) is 72.9 Å². The number of allylic oxidation sites excluding steroid dienone is 11. The largest absolute Gasteiger partial charge is 0.394 e. The molecule has 0 aliphatic carbocycles. The van der Waals surface area contributed by atoms with Gasteiger partial charge in [-0.3, -0.25) is 4.79 Å².